The first-order chi connectivity index (χ1) is 12.1. The number of carbonyl (C=O) groups excluding carboxylic acids is 1. The predicted molar refractivity (Wildman–Crippen MR) is 102 cm³/mol. The number of carboxylic acid groups (broad SMARTS) is 1. The number of hydrogen-bond donors (Lipinski definition) is 2. The van der Waals surface area contributed by atoms with Crippen LogP contribution in [-0.2, 0) is 9.59 Å². The number of nitrogens with one attached hydrogen (secondary N) is 1. The van der Waals surface area contributed by atoms with Crippen LogP contribution in [-0.4, -0.2) is 66.1 Å². The summed E-state index contributed by atoms with van der Waals surface area (Å²) in [5.41, 5.74) is 1.09. The van der Waals surface area contributed by atoms with E-state index in [1.165, 1.54) is 0 Å². The monoisotopic (exact) mass is 382 g/mol. The van der Waals surface area contributed by atoms with Crippen molar-refractivity contribution in [1.82, 2.24) is 15.2 Å². The van der Waals surface area contributed by atoms with Crippen LogP contribution in [0.1, 0.15) is 19.3 Å². The van der Waals surface area contributed by atoms with Crippen LogP contribution in [0, 0.1) is 11.8 Å². The Labute approximate surface area is 160 Å². The molecule has 0 spiro atoms. The Bertz CT molecular complexity index is 587. The van der Waals surface area contributed by atoms with Gasteiger partial charge in [0.25, 0.3) is 0 Å². The molecule has 2 aliphatic rings. The molecule has 8 heteroatoms. The zero-order valence-electron chi connectivity index (χ0n) is 14.8. The summed E-state index contributed by atoms with van der Waals surface area (Å²) in [5.74, 6) is -1.79. The molecule has 144 valence electrons. The van der Waals surface area contributed by atoms with Gasteiger partial charge in [-0.3, -0.25) is 14.6 Å². The normalized spacial score (nSPS) is 19.5. The summed E-state index contributed by atoms with van der Waals surface area (Å²) >= 11 is 0. The van der Waals surface area contributed by atoms with Crippen LogP contribution in [0.25, 0.3) is 0 Å². The average Bonchev–Trinajstić information content (AvgIpc) is 2.67. The maximum absolute atomic E-state index is 12.8. The molecule has 3 rings (SSSR count). The highest BCUT2D eigenvalue weighted by atomic mass is 35.5. The minimum atomic E-state index is -0.986. The fraction of sp³-hybridized carbons (Fsp3) is 0.611. The number of carboxylic acids is 1. The Balaban J connectivity index is 0.00000243. The minimum Gasteiger partial charge on any atom is -0.481 e. The van der Waals surface area contributed by atoms with Crippen LogP contribution in [0.3, 0.4) is 0 Å². The number of halogens is 1. The molecule has 1 unspecified atom stereocenters. The van der Waals surface area contributed by atoms with Crippen LogP contribution in [0.2, 0.25) is 0 Å². The van der Waals surface area contributed by atoms with E-state index >= 15 is 0 Å². The molecule has 0 bridgehead atoms. The van der Waals surface area contributed by atoms with Gasteiger partial charge in [0.15, 0.2) is 0 Å². The fourth-order valence-electron chi connectivity index (χ4n) is 3.72. The van der Waals surface area contributed by atoms with Gasteiger partial charge in [-0.2, -0.15) is 0 Å². The van der Waals surface area contributed by atoms with E-state index < -0.39 is 11.9 Å². The van der Waals surface area contributed by atoms with E-state index in [4.69, 9.17) is 0 Å². The van der Waals surface area contributed by atoms with Crippen LogP contribution in [0.5, 0.6) is 0 Å². The maximum Gasteiger partial charge on any atom is 0.316 e. The van der Waals surface area contributed by atoms with E-state index in [0.29, 0.717) is 25.4 Å². The SMILES string of the molecule is Cl.O=C(O)C(CC1CCNCC1)C(=O)N1CCN(c2ccncc2)CC1. The lowest BCUT2D eigenvalue weighted by molar-refractivity contribution is -0.152. The van der Waals surface area contributed by atoms with Crippen molar-refractivity contribution >= 4 is 30.0 Å². The molecule has 2 N–H and O–H groups in total. The number of hydrogen-bond acceptors (Lipinski definition) is 5. The van der Waals surface area contributed by atoms with E-state index in [-0.39, 0.29) is 18.3 Å². The van der Waals surface area contributed by atoms with Gasteiger partial charge in [-0.25, -0.2) is 0 Å². The Morgan fingerprint density at radius 3 is 2.35 bits per heavy atom. The first-order valence-corrected chi connectivity index (χ1v) is 9.02. The number of rotatable bonds is 5. The standard InChI is InChI=1S/C18H26N4O3.ClH/c23-17(16(18(24)25)13-14-1-5-19-6-2-14)22-11-9-21(10-12-22)15-3-7-20-8-4-15;/h3-4,7-8,14,16,19H,1-2,5-6,9-13H2,(H,24,25);1H. The molecule has 0 aromatic carbocycles. The molecule has 7 nitrogen and oxygen atoms in total. The molecule has 0 radical (unpaired) electrons. The summed E-state index contributed by atoms with van der Waals surface area (Å²) in [7, 11) is 0. The number of pyridine rings is 1. The highest BCUT2D eigenvalue weighted by molar-refractivity contribution is 5.97. The maximum atomic E-state index is 12.8. The number of anilines is 1. The van der Waals surface area contributed by atoms with Gasteiger partial charge in [0.1, 0.15) is 5.92 Å². The fourth-order valence-corrected chi connectivity index (χ4v) is 3.72. The Hall–Kier alpha value is -1.86. The van der Waals surface area contributed by atoms with Gasteiger partial charge in [-0.05, 0) is 50.4 Å². The van der Waals surface area contributed by atoms with Gasteiger partial charge in [-0.1, -0.05) is 0 Å². The van der Waals surface area contributed by atoms with E-state index in [9.17, 15) is 14.7 Å². The highest BCUT2D eigenvalue weighted by Gasteiger charge is 2.34. The number of piperazine rings is 1. The quantitative estimate of drug-likeness (QED) is 0.745. The lowest BCUT2D eigenvalue weighted by Gasteiger charge is -2.37. The smallest absolute Gasteiger partial charge is 0.316 e. The van der Waals surface area contributed by atoms with Crippen molar-refractivity contribution in [2.45, 2.75) is 19.3 Å². The van der Waals surface area contributed by atoms with Crippen molar-refractivity contribution in [2.24, 2.45) is 11.8 Å². The zero-order valence-corrected chi connectivity index (χ0v) is 15.7. The molecule has 0 saturated carbocycles. The Morgan fingerprint density at radius 1 is 1.15 bits per heavy atom. The van der Waals surface area contributed by atoms with Gasteiger partial charge < -0.3 is 20.2 Å². The predicted octanol–water partition coefficient (Wildman–Crippen LogP) is 1.24. The lowest BCUT2D eigenvalue weighted by Crippen LogP contribution is -2.51. The van der Waals surface area contributed by atoms with Crippen molar-refractivity contribution in [2.75, 3.05) is 44.2 Å². The van der Waals surface area contributed by atoms with E-state index in [0.717, 1.165) is 44.7 Å². The van der Waals surface area contributed by atoms with Gasteiger partial charge in [0.05, 0.1) is 0 Å². The zero-order chi connectivity index (χ0) is 17.6. The first kappa shape index (κ1) is 20.5. The van der Waals surface area contributed by atoms with Gasteiger partial charge in [0.2, 0.25) is 5.91 Å². The molecule has 26 heavy (non-hydrogen) atoms. The van der Waals surface area contributed by atoms with Crippen molar-refractivity contribution < 1.29 is 14.7 Å². The van der Waals surface area contributed by atoms with Crippen LogP contribution < -0.4 is 10.2 Å². The third-order valence-corrected chi connectivity index (χ3v) is 5.24. The summed E-state index contributed by atoms with van der Waals surface area (Å²) < 4.78 is 0. The van der Waals surface area contributed by atoms with E-state index in [1.807, 2.05) is 12.1 Å². The highest BCUT2D eigenvalue weighted by Crippen LogP contribution is 2.24. The summed E-state index contributed by atoms with van der Waals surface area (Å²) in [5, 5.41) is 12.8. The number of aromatic nitrogens is 1. The number of nitrogens with zero attached hydrogens (tertiary/aromatic N) is 3. The largest absolute Gasteiger partial charge is 0.481 e. The molecule has 0 aliphatic carbocycles. The van der Waals surface area contributed by atoms with Crippen LogP contribution in [0.4, 0.5) is 5.69 Å². The molecule has 1 aromatic heterocycles. The van der Waals surface area contributed by atoms with Crippen molar-refractivity contribution in [1.29, 1.82) is 0 Å². The van der Waals surface area contributed by atoms with Crippen molar-refractivity contribution in [3.05, 3.63) is 24.5 Å². The summed E-state index contributed by atoms with van der Waals surface area (Å²) in [4.78, 5) is 32.4. The second-order valence-electron chi connectivity index (χ2n) is 6.84. The van der Waals surface area contributed by atoms with Gasteiger partial charge in [0, 0.05) is 44.3 Å². The second-order valence-corrected chi connectivity index (χ2v) is 6.84. The van der Waals surface area contributed by atoms with Gasteiger partial charge >= 0.3 is 5.97 Å². The number of amides is 1. The molecular weight excluding hydrogens is 356 g/mol. The number of carbonyl (C=O) groups is 2. The summed E-state index contributed by atoms with van der Waals surface area (Å²) in [6.45, 7) is 4.39. The third-order valence-electron chi connectivity index (χ3n) is 5.24. The molecular formula is C18H27ClN4O3. The first-order valence-electron chi connectivity index (χ1n) is 9.02. The van der Waals surface area contributed by atoms with Crippen LogP contribution in [0.15, 0.2) is 24.5 Å². The number of aliphatic carboxylic acids is 1. The lowest BCUT2D eigenvalue weighted by atomic mass is 9.87. The third kappa shape index (κ3) is 5.08. The van der Waals surface area contributed by atoms with E-state index in [2.05, 4.69) is 15.2 Å². The summed E-state index contributed by atoms with van der Waals surface area (Å²) in [6.07, 6.45) is 5.87. The molecule has 1 amide bonds. The average molecular weight is 383 g/mol. The second kappa shape index (κ2) is 9.73. The Morgan fingerprint density at radius 2 is 1.77 bits per heavy atom. The molecule has 1 atom stereocenters. The molecule has 3 heterocycles. The Kier molecular flexibility index (Phi) is 7.66. The minimum absolute atomic E-state index is 0. The molecule has 2 aliphatic heterocycles. The molecule has 1 aromatic rings. The van der Waals surface area contributed by atoms with Crippen molar-refractivity contribution in [3.63, 3.8) is 0 Å². The van der Waals surface area contributed by atoms with Crippen molar-refractivity contribution in [3.8, 4) is 0 Å². The molecule has 2 fully saturated rings. The van der Waals surface area contributed by atoms with Gasteiger partial charge in [-0.15, -0.1) is 12.4 Å². The molecule has 2 saturated heterocycles. The van der Waals surface area contributed by atoms with E-state index in [1.54, 1.807) is 17.3 Å². The number of piperidine rings is 1. The van der Waals surface area contributed by atoms with Crippen LogP contribution >= 0.6 is 12.4 Å². The topological polar surface area (TPSA) is 85.8 Å². The summed E-state index contributed by atoms with van der Waals surface area (Å²) in [6, 6.07) is 3.91.